The summed E-state index contributed by atoms with van der Waals surface area (Å²) in [6, 6.07) is 0. The maximum atomic E-state index is 10.2. The minimum atomic E-state index is 0.514. The van der Waals surface area contributed by atoms with Crippen LogP contribution in [0.3, 0.4) is 0 Å². The van der Waals surface area contributed by atoms with Crippen molar-refractivity contribution in [1.29, 1.82) is 0 Å². The van der Waals surface area contributed by atoms with E-state index in [9.17, 15) is 4.79 Å². The first-order valence-electron chi connectivity index (χ1n) is 3.01. The van der Waals surface area contributed by atoms with Crippen LogP contribution in [0.5, 0.6) is 0 Å². The monoisotopic (exact) mass is 113 g/mol. The summed E-state index contributed by atoms with van der Waals surface area (Å²) in [6.45, 7) is 1.98. The lowest BCUT2D eigenvalue weighted by Gasteiger charge is -2.16. The third kappa shape index (κ3) is 0.892. The van der Waals surface area contributed by atoms with E-state index in [0.717, 1.165) is 13.1 Å². The van der Waals surface area contributed by atoms with Gasteiger partial charge in [0.25, 0.3) is 0 Å². The predicted octanol–water partition coefficient (Wildman–Crippen LogP) is 0.294. The lowest BCUT2D eigenvalue weighted by Crippen LogP contribution is -2.38. The van der Waals surface area contributed by atoms with E-state index in [4.69, 9.17) is 0 Å². The molecule has 1 aliphatic rings. The quantitative estimate of drug-likeness (QED) is 0.447. The zero-order chi connectivity index (χ0) is 6.04. The van der Waals surface area contributed by atoms with Crippen LogP contribution in [-0.4, -0.2) is 31.0 Å². The number of quaternary nitrogens is 1. The SMILES string of the molecule is C[N+]1([C]=O)CCCC1. The fourth-order valence-electron chi connectivity index (χ4n) is 1.12. The Balaban J connectivity index is 2.52. The molecule has 2 heteroatoms. The van der Waals surface area contributed by atoms with Crippen molar-refractivity contribution in [3.8, 4) is 0 Å². The van der Waals surface area contributed by atoms with Crippen LogP contribution in [0.15, 0.2) is 0 Å². The van der Waals surface area contributed by atoms with Gasteiger partial charge in [-0.05, 0) is 0 Å². The number of nitrogens with zero attached hydrogens (tertiary/aromatic N) is 1. The van der Waals surface area contributed by atoms with Crippen molar-refractivity contribution in [2.24, 2.45) is 0 Å². The van der Waals surface area contributed by atoms with Crippen LogP contribution in [0.2, 0.25) is 0 Å². The standard InChI is InChI=1S/C6H11NO/c1-7(6-8)4-2-3-5-7/h2-5H2,1H3/q+1. The van der Waals surface area contributed by atoms with E-state index in [1.807, 2.05) is 13.5 Å². The summed E-state index contributed by atoms with van der Waals surface area (Å²) in [5.41, 5.74) is 0. The predicted molar refractivity (Wildman–Crippen MR) is 30.8 cm³/mol. The number of rotatable bonds is 1. The Morgan fingerprint density at radius 2 is 1.88 bits per heavy atom. The van der Waals surface area contributed by atoms with E-state index in [-0.39, 0.29) is 0 Å². The van der Waals surface area contributed by atoms with Gasteiger partial charge in [-0.3, -0.25) is 4.48 Å². The van der Waals surface area contributed by atoms with Crippen LogP contribution >= 0.6 is 0 Å². The highest BCUT2D eigenvalue weighted by atomic mass is 16.1. The van der Waals surface area contributed by atoms with Gasteiger partial charge < -0.3 is 0 Å². The van der Waals surface area contributed by atoms with Gasteiger partial charge >= 0.3 is 6.41 Å². The fraction of sp³-hybridized carbons (Fsp3) is 0.833. The molecule has 2 nitrogen and oxygen atoms in total. The van der Waals surface area contributed by atoms with Crippen molar-refractivity contribution in [3.05, 3.63) is 0 Å². The Hall–Kier alpha value is -0.370. The normalized spacial score (nSPS) is 25.6. The van der Waals surface area contributed by atoms with Crippen molar-refractivity contribution in [2.75, 3.05) is 20.1 Å². The molecule has 1 rings (SSSR count). The molecule has 45 valence electrons. The number of amides is 1. The highest BCUT2D eigenvalue weighted by molar-refractivity contribution is 5.38. The molecule has 1 amide bonds. The Morgan fingerprint density at radius 3 is 2.12 bits per heavy atom. The second-order valence-corrected chi connectivity index (χ2v) is 2.64. The van der Waals surface area contributed by atoms with Crippen LogP contribution in [0.4, 0.5) is 0 Å². The van der Waals surface area contributed by atoms with Crippen LogP contribution < -0.4 is 0 Å². The molecule has 1 radical (unpaired) electrons. The molecule has 0 unspecified atom stereocenters. The summed E-state index contributed by atoms with van der Waals surface area (Å²) in [6.07, 6.45) is 4.40. The number of hydrogen-bond donors (Lipinski definition) is 0. The molecule has 8 heavy (non-hydrogen) atoms. The van der Waals surface area contributed by atoms with E-state index in [1.165, 1.54) is 12.8 Å². The van der Waals surface area contributed by atoms with E-state index >= 15 is 0 Å². The molecule has 0 aromatic rings. The Bertz CT molecular complexity index is 94.7. The van der Waals surface area contributed by atoms with Crippen molar-refractivity contribution in [3.63, 3.8) is 0 Å². The average Bonchev–Trinajstić information content (AvgIpc) is 2.17. The first-order chi connectivity index (χ1) is 3.77. The third-order valence-electron chi connectivity index (χ3n) is 1.77. The molecule has 0 saturated carbocycles. The van der Waals surface area contributed by atoms with Gasteiger partial charge in [-0.1, -0.05) is 0 Å². The van der Waals surface area contributed by atoms with Crippen LogP contribution in [0.1, 0.15) is 12.8 Å². The summed E-state index contributed by atoms with van der Waals surface area (Å²) in [5.74, 6) is 0. The zero-order valence-corrected chi connectivity index (χ0v) is 5.18. The summed E-state index contributed by atoms with van der Waals surface area (Å²) in [4.78, 5) is 10.2. The average molecular weight is 113 g/mol. The van der Waals surface area contributed by atoms with Crippen molar-refractivity contribution >= 4 is 6.41 Å². The molecule has 0 N–H and O–H groups in total. The molecule has 0 atom stereocenters. The molecule has 1 fully saturated rings. The largest absolute Gasteiger partial charge is 0.442 e. The maximum Gasteiger partial charge on any atom is 0.442 e. The van der Waals surface area contributed by atoms with E-state index in [2.05, 4.69) is 0 Å². The van der Waals surface area contributed by atoms with Gasteiger partial charge in [-0.15, -0.1) is 0 Å². The maximum absolute atomic E-state index is 10.2. The second kappa shape index (κ2) is 1.86. The molecule has 1 saturated heterocycles. The Labute approximate surface area is 49.7 Å². The summed E-state index contributed by atoms with van der Waals surface area (Å²) >= 11 is 0. The van der Waals surface area contributed by atoms with Crippen LogP contribution in [0.25, 0.3) is 0 Å². The molecule has 1 heterocycles. The van der Waals surface area contributed by atoms with Gasteiger partial charge in [0.15, 0.2) is 0 Å². The van der Waals surface area contributed by atoms with Gasteiger partial charge in [-0.25, -0.2) is 4.79 Å². The third-order valence-corrected chi connectivity index (χ3v) is 1.77. The first-order valence-corrected chi connectivity index (χ1v) is 3.01. The lowest BCUT2D eigenvalue weighted by molar-refractivity contribution is -0.804. The Kier molecular flexibility index (Phi) is 1.34. The lowest BCUT2D eigenvalue weighted by atomic mass is 10.4. The molecule has 0 bridgehead atoms. The van der Waals surface area contributed by atoms with Gasteiger partial charge in [0.1, 0.15) is 0 Å². The van der Waals surface area contributed by atoms with Crippen LogP contribution in [-0.2, 0) is 4.79 Å². The Morgan fingerprint density at radius 1 is 1.38 bits per heavy atom. The van der Waals surface area contributed by atoms with Gasteiger partial charge in [0, 0.05) is 12.8 Å². The fourth-order valence-corrected chi connectivity index (χ4v) is 1.12. The van der Waals surface area contributed by atoms with E-state index < -0.39 is 0 Å². The zero-order valence-electron chi connectivity index (χ0n) is 5.18. The second-order valence-electron chi connectivity index (χ2n) is 2.64. The van der Waals surface area contributed by atoms with Gasteiger partial charge in [0.05, 0.1) is 20.1 Å². The van der Waals surface area contributed by atoms with Gasteiger partial charge in [-0.2, -0.15) is 0 Å². The molecule has 0 aromatic heterocycles. The molecular formula is C6H11NO+. The summed E-state index contributed by atoms with van der Waals surface area (Å²) in [5, 5.41) is 0. The number of carbonyl (C=O) groups excluding carboxylic acids is 1. The topological polar surface area (TPSA) is 17.1 Å². The van der Waals surface area contributed by atoms with Gasteiger partial charge in [0.2, 0.25) is 0 Å². The van der Waals surface area contributed by atoms with Crippen molar-refractivity contribution < 1.29 is 9.28 Å². The number of hydrogen-bond acceptors (Lipinski definition) is 1. The molecular weight excluding hydrogens is 102 g/mol. The molecule has 0 aromatic carbocycles. The molecule has 0 spiro atoms. The van der Waals surface area contributed by atoms with E-state index in [0.29, 0.717) is 4.48 Å². The first kappa shape index (κ1) is 5.76. The van der Waals surface area contributed by atoms with Crippen molar-refractivity contribution in [1.82, 2.24) is 0 Å². The molecule has 1 aliphatic heterocycles. The smallest absolute Gasteiger partial charge is 0.250 e. The summed E-state index contributed by atoms with van der Waals surface area (Å²) < 4.78 is 0.514. The molecule has 0 aliphatic carbocycles. The van der Waals surface area contributed by atoms with Crippen LogP contribution in [0, 0.1) is 0 Å². The van der Waals surface area contributed by atoms with Crippen molar-refractivity contribution in [2.45, 2.75) is 12.8 Å². The minimum Gasteiger partial charge on any atom is -0.250 e. The number of likely N-dealkylation sites (tertiary alicyclic amines) is 1. The summed E-state index contributed by atoms with van der Waals surface area (Å²) in [7, 11) is 1.93. The minimum absolute atomic E-state index is 0.514. The highest BCUT2D eigenvalue weighted by Crippen LogP contribution is 2.12. The van der Waals surface area contributed by atoms with E-state index in [1.54, 1.807) is 0 Å². The highest BCUT2D eigenvalue weighted by Gasteiger charge is 2.27.